The summed E-state index contributed by atoms with van der Waals surface area (Å²) in [7, 11) is 2.97. The van der Waals surface area contributed by atoms with E-state index >= 15 is 0 Å². The van der Waals surface area contributed by atoms with E-state index in [0.29, 0.717) is 28.1 Å². The molecule has 4 heterocycles. The Kier molecular flexibility index (Phi) is 9.04. The number of rotatable bonds is 5. The van der Waals surface area contributed by atoms with Gasteiger partial charge in [0.25, 0.3) is 17.4 Å². The number of carbonyl (C=O) groups is 3. The van der Waals surface area contributed by atoms with Crippen LogP contribution in [0.15, 0.2) is 52.4 Å². The van der Waals surface area contributed by atoms with Crippen LogP contribution >= 0.6 is 11.8 Å². The van der Waals surface area contributed by atoms with E-state index in [9.17, 15) is 19.2 Å². The summed E-state index contributed by atoms with van der Waals surface area (Å²) in [5.41, 5.74) is 1.31. The van der Waals surface area contributed by atoms with Crippen LogP contribution in [-0.4, -0.2) is 84.4 Å². The predicted molar refractivity (Wildman–Crippen MR) is 156 cm³/mol. The minimum atomic E-state index is -0.612. The van der Waals surface area contributed by atoms with Gasteiger partial charge in [-0.2, -0.15) is 0 Å². The van der Waals surface area contributed by atoms with Crippen molar-refractivity contribution in [3.05, 3.63) is 69.6 Å². The monoisotopic (exact) mass is 609 g/mol. The number of fused-ring (bicyclic) bond motifs is 7. The van der Waals surface area contributed by atoms with Crippen LogP contribution in [0.2, 0.25) is 0 Å². The predicted octanol–water partition coefficient (Wildman–Crippen LogP) is 1.28. The first kappa shape index (κ1) is 29.8. The molecule has 0 saturated carbocycles. The van der Waals surface area contributed by atoms with Crippen LogP contribution in [-0.2, 0) is 16.1 Å². The molecule has 3 N–H and O–H groups in total. The van der Waals surface area contributed by atoms with Crippen LogP contribution in [0.3, 0.4) is 0 Å². The molecule has 3 aromatic rings. The Morgan fingerprint density at radius 1 is 1.05 bits per heavy atom. The van der Waals surface area contributed by atoms with Gasteiger partial charge in [-0.15, -0.1) is 0 Å². The van der Waals surface area contributed by atoms with E-state index in [1.54, 1.807) is 42.2 Å². The molecular formula is C29H31N5O8S. The molecule has 0 spiro atoms. The highest BCUT2D eigenvalue weighted by molar-refractivity contribution is 7.99. The van der Waals surface area contributed by atoms with Gasteiger partial charge in [0.15, 0.2) is 34.8 Å². The summed E-state index contributed by atoms with van der Waals surface area (Å²) in [6, 6.07) is 10.7. The molecule has 2 aromatic carbocycles. The second-order valence-electron chi connectivity index (χ2n) is 9.93. The van der Waals surface area contributed by atoms with Crippen LogP contribution in [0.25, 0.3) is 0 Å². The van der Waals surface area contributed by atoms with Crippen molar-refractivity contribution in [2.45, 2.75) is 30.8 Å². The maximum atomic E-state index is 13.4. The molecule has 0 unspecified atom stereocenters. The van der Waals surface area contributed by atoms with E-state index in [2.05, 4.69) is 20.6 Å². The number of nitrogens with one attached hydrogen (secondary N) is 3. The van der Waals surface area contributed by atoms with E-state index in [1.165, 1.54) is 26.4 Å². The van der Waals surface area contributed by atoms with Crippen LogP contribution in [0.1, 0.15) is 21.6 Å². The first-order valence-electron chi connectivity index (χ1n) is 13.4. The lowest BCUT2D eigenvalue weighted by molar-refractivity contribution is -0.127. The van der Waals surface area contributed by atoms with Gasteiger partial charge in [0.1, 0.15) is 6.10 Å². The zero-order chi connectivity index (χ0) is 30.5. The number of carbonyl (C=O) groups excluding carboxylic acids is 3. The molecule has 2 atom stereocenters. The Bertz CT molecular complexity index is 1600. The molecule has 3 aliphatic rings. The summed E-state index contributed by atoms with van der Waals surface area (Å²) in [6.07, 6.45) is -0.612. The Labute approximate surface area is 251 Å². The maximum Gasteiger partial charge on any atom is 0.258 e. The fourth-order valence-corrected chi connectivity index (χ4v) is 5.56. The van der Waals surface area contributed by atoms with Crippen molar-refractivity contribution >= 4 is 29.5 Å². The lowest BCUT2D eigenvalue weighted by Gasteiger charge is -2.22. The van der Waals surface area contributed by atoms with Crippen molar-refractivity contribution in [1.29, 1.82) is 0 Å². The number of aromatic nitrogens is 2. The molecule has 3 amide bonds. The molecule has 226 valence electrons. The number of ether oxygens (including phenoxy) is 4. The first-order chi connectivity index (χ1) is 20.7. The van der Waals surface area contributed by atoms with Crippen molar-refractivity contribution in [3.63, 3.8) is 0 Å². The molecule has 0 aliphatic carbocycles. The standard InChI is InChI=1S/C29H31N5O8S/c1-16-8-25(35)33-29(31-16)43-15-27(37)34-12-19-24(13-34)42-21-6-4-17(9-22(21)40-3)11-30-26(36)14-41-23-10-18(28(38)32-19)5-7-20(23)39-2/h4-10,19,24H,11-15H2,1-3H3,(H,30,36)(H,32,38)(H,31,33,35)/t19-,24-/m0/s1. The normalized spacial score (nSPS) is 18.4. The molecule has 4 bridgehead atoms. The Morgan fingerprint density at radius 2 is 1.86 bits per heavy atom. The number of thioether (sulfide) groups is 1. The highest BCUT2D eigenvalue weighted by Gasteiger charge is 2.38. The number of benzene rings is 2. The summed E-state index contributed by atoms with van der Waals surface area (Å²) in [6.45, 7) is 2.03. The van der Waals surface area contributed by atoms with Gasteiger partial charge in [-0.3, -0.25) is 19.2 Å². The molecule has 3 aliphatic heterocycles. The summed E-state index contributed by atoms with van der Waals surface area (Å²) < 4.78 is 22.9. The summed E-state index contributed by atoms with van der Waals surface area (Å²) in [5.74, 6) is 0.492. The fraction of sp³-hybridized carbons (Fsp3) is 0.345. The van der Waals surface area contributed by atoms with E-state index in [1.807, 2.05) is 0 Å². The molecule has 6 rings (SSSR count). The Hall–Kier alpha value is -4.72. The van der Waals surface area contributed by atoms with Crippen molar-refractivity contribution in [3.8, 4) is 23.0 Å². The van der Waals surface area contributed by atoms with Gasteiger partial charge in [-0.1, -0.05) is 17.8 Å². The summed E-state index contributed by atoms with van der Waals surface area (Å²) in [4.78, 5) is 59.4. The minimum Gasteiger partial charge on any atom is -0.493 e. The highest BCUT2D eigenvalue weighted by atomic mass is 32.2. The molecule has 1 fully saturated rings. The van der Waals surface area contributed by atoms with Gasteiger partial charge >= 0.3 is 0 Å². The third kappa shape index (κ3) is 7.20. The van der Waals surface area contributed by atoms with Crippen molar-refractivity contribution in [1.82, 2.24) is 25.5 Å². The number of likely N-dealkylation sites (tertiary alicyclic amines) is 1. The van der Waals surface area contributed by atoms with Crippen molar-refractivity contribution in [2.75, 3.05) is 39.7 Å². The maximum absolute atomic E-state index is 13.4. The number of H-pyrrole nitrogens is 1. The average molecular weight is 610 g/mol. The van der Waals surface area contributed by atoms with E-state index in [-0.39, 0.29) is 60.7 Å². The highest BCUT2D eigenvalue weighted by Crippen LogP contribution is 2.32. The first-order valence-corrected chi connectivity index (χ1v) is 14.4. The van der Waals surface area contributed by atoms with E-state index in [0.717, 1.165) is 17.3 Å². The van der Waals surface area contributed by atoms with Gasteiger partial charge in [0.05, 0.1) is 32.6 Å². The second-order valence-corrected chi connectivity index (χ2v) is 10.9. The molecule has 14 heteroatoms. The molecule has 13 nitrogen and oxygen atoms in total. The van der Waals surface area contributed by atoms with E-state index < -0.39 is 18.1 Å². The SMILES string of the molecule is COc1ccc2cc1OCC(=O)NCc1ccc(c(OC)c1)O[C@H]1CN(C(=O)CSc3nc(C)cc(=O)[nH]3)C[C@@H]1NC2=O. The molecule has 1 saturated heterocycles. The Morgan fingerprint density at radius 3 is 2.63 bits per heavy atom. The van der Waals surface area contributed by atoms with Crippen LogP contribution in [0, 0.1) is 6.92 Å². The Balaban J connectivity index is 1.41. The smallest absolute Gasteiger partial charge is 0.258 e. The second kappa shape index (κ2) is 13.1. The number of aromatic amines is 1. The topological polar surface area (TPSA) is 161 Å². The number of hydrogen-bond donors (Lipinski definition) is 3. The molecule has 1 aromatic heterocycles. The minimum absolute atomic E-state index is 0.0305. The third-order valence-electron chi connectivity index (χ3n) is 6.90. The number of amides is 3. The quantitative estimate of drug-likeness (QED) is 0.284. The summed E-state index contributed by atoms with van der Waals surface area (Å²) >= 11 is 1.12. The lowest BCUT2D eigenvalue weighted by atomic mass is 10.1. The van der Waals surface area contributed by atoms with Gasteiger partial charge in [-0.25, -0.2) is 4.98 Å². The zero-order valence-corrected chi connectivity index (χ0v) is 24.6. The average Bonchev–Trinajstić information content (AvgIpc) is 3.39. The van der Waals surface area contributed by atoms with Gasteiger partial charge in [0, 0.05) is 30.4 Å². The molecule has 0 radical (unpaired) electrons. The molecular weight excluding hydrogens is 578 g/mol. The van der Waals surface area contributed by atoms with Crippen LogP contribution < -0.4 is 35.1 Å². The zero-order valence-electron chi connectivity index (χ0n) is 23.8. The number of nitrogens with zero attached hydrogens (tertiary/aromatic N) is 2. The number of aryl methyl sites for hydroxylation is 1. The van der Waals surface area contributed by atoms with Crippen LogP contribution in [0.4, 0.5) is 0 Å². The number of methoxy groups -OCH3 is 2. The van der Waals surface area contributed by atoms with Gasteiger partial charge in [-0.05, 0) is 42.8 Å². The lowest BCUT2D eigenvalue weighted by Crippen LogP contribution is -2.45. The number of hydrogen-bond acceptors (Lipinski definition) is 10. The van der Waals surface area contributed by atoms with Crippen molar-refractivity contribution in [2.24, 2.45) is 0 Å². The summed E-state index contributed by atoms with van der Waals surface area (Å²) in [5, 5.41) is 6.13. The van der Waals surface area contributed by atoms with Crippen LogP contribution in [0.5, 0.6) is 23.0 Å². The fourth-order valence-electron chi connectivity index (χ4n) is 4.74. The molecule has 43 heavy (non-hydrogen) atoms. The van der Waals surface area contributed by atoms with Gasteiger partial charge in [0.2, 0.25) is 5.91 Å². The van der Waals surface area contributed by atoms with E-state index in [4.69, 9.17) is 18.9 Å². The largest absolute Gasteiger partial charge is 0.493 e. The third-order valence-corrected chi connectivity index (χ3v) is 7.75. The van der Waals surface area contributed by atoms with Gasteiger partial charge < -0.3 is 39.5 Å². The van der Waals surface area contributed by atoms with Crippen molar-refractivity contribution < 1.29 is 33.3 Å².